The SMILES string of the molecule is C=C(C)C(Nc1ccccc1)c1ccco1. The lowest BCUT2D eigenvalue weighted by Crippen LogP contribution is -2.10. The van der Waals surface area contributed by atoms with E-state index in [2.05, 4.69) is 11.9 Å². The summed E-state index contributed by atoms with van der Waals surface area (Å²) >= 11 is 0. The molecule has 0 saturated heterocycles. The summed E-state index contributed by atoms with van der Waals surface area (Å²) in [5.74, 6) is 0.886. The second-order valence-electron chi connectivity index (χ2n) is 3.81. The number of hydrogen-bond donors (Lipinski definition) is 1. The number of benzene rings is 1. The van der Waals surface area contributed by atoms with Crippen molar-refractivity contribution in [2.45, 2.75) is 13.0 Å². The predicted octanol–water partition coefficient (Wildman–Crippen LogP) is 4.01. The van der Waals surface area contributed by atoms with Crippen LogP contribution >= 0.6 is 0 Å². The lowest BCUT2D eigenvalue weighted by molar-refractivity contribution is 0.497. The van der Waals surface area contributed by atoms with Gasteiger partial charge in [-0.2, -0.15) is 0 Å². The number of hydrogen-bond acceptors (Lipinski definition) is 2. The van der Waals surface area contributed by atoms with E-state index in [1.165, 1.54) is 0 Å². The van der Waals surface area contributed by atoms with Crippen LogP contribution in [0.25, 0.3) is 0 Å². The molecule has 82 valence electrons. The summed E-state index contributed by atoms with van der Waals surface area (Å²) in [6, 6.07) is 13.9. The summed E-state index contributed by atoms with van der Waals surface area (Å²) in [6.07, 6.45) is 1.68. The molecule has 0 bridgehead atoms. The molecule has 0 amide bonds. The molecule has 1 unspecified atom stereocenters. The highest BCUT2D eigenvalue weighted by Crippen LogP contribution is 2.25. The van der Waals surface area contributed by atoms with Crippen LogP contribution in [0.4, 0.5) is 5.69 Å². The topological polar surface area (TPSA) is 25.2 Å². The van der Waals surface area contributed by atoms with Gasteiger partial charge in [-0.05, 0) is 31.2 Å². The lowest BCUT2D eigenvalue weighted by Gasteiger charge is -2.17. The van der Waals surface area contributed by atoms with Crippen LogP contribution in [0.2, 0.25) is 0 Å². The fraction of sp³-hybridized carbons (Fsp3) is 0.143. The average molecular weight is 213 g/mol. The zero-order chi connectivity index (χ0) is 11.4. The minimum absolute atomic E-state index is 0.0254. The van der Waals surface area contributed by atoms with Crippen LogP contribution in [0.3, 0.4) is 0 Å². The van der Waals surface area contributed by atoms with E-state index in [0.717, 1.165) is 17.0 Å². The summed E-state index contributed by atoms with van der Waals surface area (Å²) in [7, 11) is 0. The molecule has 0 radical (unpaired) electrons. The zero-order valence-electron chi connectivity index (χ0n) is 9.31. The first-order chi connectivity index (χ1) is 7.77. The predicted molar refractivity (Wildman–Crippen MR) is 66.3 cm³/mol. The molecule has 0 fully saturated rings. The molecule has 2 heteroatoms. The molecule has 0 saturated carbocycles. The van der Waals surface area contributed by atoms with Gasteiger partial charge in [-0.15, -0.1) is 0 Å². The van der Waals surface area contributed by atoms with Crippen molar-refractivity contribution in [2.75, 3.05) is 5.32 Å². The smallest absolute Gasteiger partial charge is 0.130 e. The molecule has 2 rings (SSSR count). The molecule has 2 nitrogen and oxygen atoms in total. The first-order valence-electron chi connectivity index (χ1n) is 5.28. The van der Waals surface area contributed by atoms with Gasteiger partial charge in [0.2, 0.25) is 0 Å². The van der Waals surface area contributed by atoms with Crippen molar-refractivity contribution in [3.8, 4) is 0 Å². The zero-order valence-corrected chi connectivity index (χ0v) is 9.31. The third-order valence-electron chi connectivity index (χ3n) is 2.41. The van der Waals surface area contributed by atoms with Crippen molar-refractivity contribution in [1.29, 1.82) is 0 Å². The quantitative estimate of drug-likeness (QED) is 0.776. The van der Waals surface area contributed by atoms with E-state index >= 15 is 0 Å². The van der Waals surface area contributed by atoms with Crippen LogP contribution in [0.5, 0.6) is 0 Å². The number of furan rings is 1. The molecule has 16 heavy (non-hydrogen) atoms. The minimum atomic E-state index is 0.0254. The van der Waals surface area contributed by atoms with Gasteiger partial charge in [-0.25, -0.2) is 0 Å². The Labute approximate surface area is 95.6 Å². The summed E-state index contributed by atoms with van der Waals surface area (Å²) in [5.41, 5.74) is 2.09. The molecule has 1 heterocycles. The average Bonchev–Trinajstić information content (AvgIpc) is 2.80. The highest BCUT2D eigenvalue weighted by molar-refractivity contribution is 5.46. The van der Waals surface area contributed by atoms with Gasteiger partial charge in [0.1, 0.15) is 11.8 Å². The van der Waals surface area contributed by atoms with Crippen LogP contribution < -0.4 is 5.32 Å². The van der Waals surface area contributed by atoms with Gasteiger partial charge in [0.15, 0.2) is 0 Å². The summed E-state index contributed by atoms with van der Waals surface area (Å²) in [6.45, 7) is 5.97. The van der Waals surface area contributed by atoms with Crippen LogP contribution in [-0.4, -0.2) is 0 Å². The first-order valence-corrected chi connectivity index (χ1v) is 5.28. The van der Waals surface area contributed by atoms with Gasteiger partial charge in [0, 0.05) is 5.69 Å². The third kappa shape index (κ3) is 2.34. The molecule has 0 aliphatic carbocycles. The molecule has 1 aromatic carbocycles. The van der Waals surface area contributed by atoms with E-state index in [9.17, 15) is 0 Å². The van der Waals surface area contributed by atoms with Crippen LogP contribution in [0.15, 0.2) is 65.3 Å². The van der Waals surface area contributed by atoms with E-state index < -0.39 is 0 Å². The summed E-state index contributed by atoms with van der Waals surface area (Å²) in [4.78, 5) is 0. The molecular weight excluding hydrogens is 198 g/mol. The maximum Gasteiger partial charge on any atom is 0.130 e. The minimum Gasteiger partial charge on any atom is -0.467 e. The second kappa shape index (κ2) is 4.71. The fourth-order valence-corrected chi connectivity index (χ4v) is 1.59. The Bertz CT molecular complexity index is 445. The monoisotopic (exact) mass is 213 g/mol. The van der Waals surface area contributed by atoms with Crippen LogP contribution in [0.1, 0.15) is 18.7 Å². The number of rotatable bonds is 4. The Hall–Kier alpha value is -1.96. The summed E-state index contributed by atoms with van der Waals surface area (Å²) in [5, 5.41) is 3.39. The van der Waals surface area contributed by atoms with E-state index in [1.807, 2.05) is 49.4 Å². The van der Waals surface area contributed by atoms with Crippen molar-refractivity contribution >= 4 is 5.69 Å². The van der Waals surface area contributed by atoms with Gasteiger partial charge in [-0.3, -0.25) is 0 Å². The number of para-hydroxylation sites is 1. The first kappa shape index (κ1) is 10.6. The Kier molecular flexibility index (Phi) is 3.10. The molecule has 1 N–H and O–H groups in total. The highest BCUT2D eigenvalue weighted by Gasteiger charge is 2.14. The molecule has 1 atom stereocenters. The molecule has 0 spiro atoms. The van der Waals surface area contributed by atoms with Gasteiger partial charge in [0.25, 0.3) is 0 Å². The van der Waals surface area contributed by atoms with Crippen molar-refractivity contribution in [3.05, 3.63) is 66.6 Å². The maximum atomic E-state index is 5.41. The van der Waals surface area contributed by atoms with Crippen LogP contribution in [-0.2, 0) is 0 Å². The van der Waals surface area contributed by atoms with Gasteiger partial charge in [0.05, 0.1) is 6.26 Å². The van der Waals surface area contributed by atoms with E-state index in [0.29, 0.717) is 0 Å². The Morgan fingerprint density at radius 3 is 2.50 bits per heavy atom. The molecule has 2 aromatic rings. The van der Waals surface area contributed by atoms with E-state index in [1.54, 1.807) is 6.26 Å². The van der Waals surface area contributed by atoms with Gasteiger partial charge < -0.3 is 9.73 Å². The van der Waals surface area contributed by atoms with Crippen molar-refractivity contribution < 1.29 is 4.42 Å². The van der Waals surface area contributed by atoms with E-state index in [4.69, 9.17) is 4.42 Å². The summed E-state index contributed by atoms with van der Waals surface area (Å²) < 4.78 is 5.41. The highest BCUT2D eigenvalue weighted by atomic mass is 16.3. The number of anilines is 1. The molecule has 0 aliphatic heterocycles. The fourth-order valence-electron chi connectivity index (χ4n) is 1.59. The molecule has 0 aliphatic rings. The van der Waals surface area contributed by atoms with Crippen molar-refractivity contribution in [1.82, 2.24) is 0 Å². The maximum absolute atomic E-state index is 5.41. The Morgan fingerprint density at radius 1 is 1.19 bits per heavy atom. The van der Waals surface area contributed by atoms with Crippen LogP contribution in [0, 0.1) is 0 Å². The third-order valence-corrected chi connectivity index (χ3v) is 2.41. The van der Waals surface area contributed by atoms with Gasteiger partial charge >= 0.3 is 0 Å². The Morgan fingerprint density at radius 2 is 1.94 bits per heavy atom. The Balaban J connectivity index is 2.19. The molecular formula is C14H15NO. The normalized spacial score (nSPS) is 12.1. The molecule has 1 aromatic heterocycles. The van der Waals surface area contributed by atoms with Crippen molar-refractivity contribution in [3.63, 3.8) is 0 Å². The van der Waals surface area contributed by atoms with Gasteiger partial charge in [-0.1, -0.05) is 30.4 Å². The van der Waals surface area contributed by atoms with Crippen molar-refractivity contribution in [2.24, 2.45) is 0 Å². The lowest BCUT2D eigenvalue weighted by atomic mass is 10.1. The van der Waals surface area contributed by atoms with E-state index in [-0.39, 0.29) is 6.04 Å². The second-order valence-corrected chi connectivity index (χ2v) is 3.81. The largest absolute Gasteiger partial charge is 0.467 e. The number of nitrogens with one attached hydrogen (secondary N) is 1. The standard InChI is InChI=1S/C14H15NO/c1-11(2)14(13-9-6-10-16-13)15-12-7-4-3-5-8-12/h3-10,14-15H,1H2,2H3.